The molecule has 1 N–H and O–H groups in total. The predicted octanol–water partition coefficient (Wildman–Crippen LogP) is 2.20. The fourth-order valence-electron chi connectivity index (χ4n) is 2.81. The highest BCUT2D eigenvalue weighted by molar-refractivity contribution is 5.54. The Bertz CT molecular complexity index is 614. The molecule has 1 aliphatic heterocycles. The molecule has 0 bridgehead atoms. The minimum absolute atomic E-state index is 0.0557. The zero-order valence-electron chi connectivity index (χ0n) is 12.6. The topological polar surface area (TPSA) is 62.4 Å². The van der Waals surface area contributed by atoms with Gasteiger partial charge in [0.2, 0.25) is 11.7 Å². The Morgan fingerprint density at radius 1 is 1.36 bits per heavy atom. The summed E-state index contributed by atoms with van der Waals surface area (Å²) >= 11 is 0. The van der Waals surface area contributed by atoms with Gasteiger partial charge in [-0.25, -0.2) is 4.39 Å². The predicted molar refractivity (Wildman–Crippen MR) is 79.9 cm³/mol. The van der Waals surface area contributed by atoms with Crippen LogP contribution in [0.15, 0.2) is 28.8 Å². The Morgan fingerprint density at radius 2 is 2.14 bits per heavy atom. The lowest BCUT2D eigenvalue weighted by Crippen LogP contribution is -2.31. The maximum absolute atomic E-state index is 13.4. The van der Waals surface area contributed by atoms with Crippen molar-refractivity contribution in [2.45, 2.75) is 38.5 Å². The van der Waals surface area contributed by atoms with Gasteiger partial charge in [-0.05, 0) is 18.4 Å². The molecule has 1 saturated heterocycles. The molecule has 0 saturated carbocycles. The zero-order valence-corrected chi connectivity index (χ0v) is 12.6. The van der Waals surface area contributed by atoms with E-state index in [1.54, 1.807) is 0 Å². The second-order valence-electron chi connectivity index (χ2n) is 5.66. The molecule has 22 heavy (non-hydrogen) atoms. The van der Waals surface area contributed by atoms with Crippen LogP contribution in [0.3, 0.4) is 0 Å². The van der Waals surface area contributed by atoms with Crippen LogP contribution in [0.25, 0.3) is 11.4 Å². The first kappa shape index (κ1) is 15.1. The van der Waals surface area contributed by atoms with Gasteiger partial charge in [-0.1, -0.05) is 36.3 Å². The van der Waals surface area contributed by atoms with Gasteiger partial charge in [0.15, 0.2) is 0 Å². The molecule has 0 spiro atoms. The Labute approximate surface area is 128 Å². The highest BCUT2D eigenvalue weighted by Gasteiger charge is 2.32. The molecule has 0 amide bonds. The minimum atomic E-state index is -0.902. The van der Waals surface area contributed by atoms with E-state index >= 15 is 0 Å². The van der Waals surface area contributed by atoms with Gasteiger partial charge >= 0.3 is 0 Å². The number of alkyl halides is 1. The van der Waals surface area contributed by atoms with E-state index in [1.165, 1.54) is 5.56 Å². The van der Waals surface area contributed by atoms with Gasteiger partial charge in [-0.2, -0.15) is 4.98 Å². The standard InChI is InChI=1S/C16H20FN3O2/c1-2-11-3-5-12(6-4-11)16-18-15(22-19-16)9-20-8-13(17)7-14(20)10-21/h3-6,13-14,21H,2,7-10H2,1H3/t13-,14-/m0/s1. The Kier molecular flexibility index (Phi) is 4.49. The second kappa shape index (κ2) is 6.54. The zero-order chi connectivity index (χ0) is 15.5. The quantitative estimate of drug-likeness (QED) is 0.917. The maximum atomic E-state index is 13.4. The number of aromatic nitrogens is 2. The number of halogens is 1. The summed E-state index contributed by atoms with van der Waals surface area (Å²) in [5.41, 5.74) is 2.15. The largest absolute Gasteiger partial charge is 0.395 e. The first-order valence-electron chi connectivity index (χ1n) is 7.60. The van der Waals surface area contributed by atoms with Crippen molar-refractivity contribution in [3.63, 3.8) is 0 Å². The van der Waals surface area contributed by atoms with E-state index in [0.717, 1.165) is 12.0 Å². The molecule has 118 valence electrons. The number of aliphatic hydroxyl groups excluding tert-OH is 1. The second-order valence-corrected chi connectivity index (χ2v) is 5.66. The van der Waals surface area contributed by atoms with Gasteiger partial charge in [-0.3, -0.25) is 4.90 Å². The number of benzene rings is 1. The summed E-state index contributed by atoms with van der Waals surface area (Å²) in [6, 6.07) is 7.85. The van der Waals surface area contributed by atoms with Crippen LogP contribution in [0.2, 0.25) is 0 Å². The first-order chi connectivity index (χ1) is 10.7. The molecule has 1 fully saturated rings. The molecule has 0 unspecified atom stereocenters. The number of hydrogen-bond donors (Lipinski definition) is 1. The van der Waals surface area contributed by atoms with Crippen LogP contribution >= 0.6 is 0 Å². The van der Waals surface area contributed by atoms with E-state index in [9.17, 15) is 9.50 Å². The molecule has 1 aliphatic rings. The van der Waals surface area contributed by atoms with Crippen LogP contribution in [-0.2, 0) is 13.0 Å². The normalized spacial score (nSPS) is 22.3. The van der Waals surface area contributed by atoms with Crippen molar-refractivity contribution in [1.82, 2.24) is 15.0 Å². The molecule has 5 nitrogen and oxygen atoms in total. The van der Waals surface area contributed by atoms with Crippen LogP contribution in [0.1, 0.15) is 24.8 Å². The molecule has 3 rings (SSSR count). The van der Waals surface area contributed by atoms with Crippen molar-refractivity contribution in [2.24, 2.45) is 0 Å². The fourth-order valence-corrected chi connectivity index (χ4v) is 2.81. The van der Waals surface area contributed by atoms with Crippen molar-refractivity contribution in [3.05, 3.63) is 35.7 Å². The number of aryl methyl sites for hydroxylation is 1. The summed E-state index contributed by atoms with van der Waals surface area (Å²) in [4.78, 5) is 6.22. The molecule has 0 aliphatic carbocycles. The van der Waals surface area contributed by atoms with E-state index in [1.807, 2.05) is 29.2 Å². The van der Waals surface area contributed by atoms with Crippen LogP contribution in [0.5, 0.6) is 0 Å². The van der Waals surface area contributed by atoms with Gasteiger partial charge in [0.05, 0.1) is 13.2 Å². The average Bonchev–Trinajstić information content (AvgIpc) is 3.14. The van der Waals surface area contributed by atoms with Crippen LogP contribution in [-0.4, -0.2) is 45.5 Å². The number of likely N-dealkylation sites (tertiary alicyclic amines) is 1. The van der Waals surface area contributed by atoms with Crippen molar-refractivity contribution in [2.75, 3.05) is 13.2 Å². The van der Waals surface area contributed by atoms with Crippen molar-refractivity contribution >= 4 is 0 Å². The Morgan fingerprint density at radius 3 is 2.82 bits per heavy atom. The van der Waals surface area contributed by atoms with Crippen LogP contribution < -0.4 is 0 Å². The summed E-state index contributed by atoms with van der Waals surface area (Å²) in [6.45, 7) is 2.72. The van der Waals surface area contributed by atoms with E-state index in [0.29, 0.717) is 31.2 Å². The number of nitrogens with zero attached hydrogens (tertiary/aromatic N) is 3. The number of rotatable bonds is 5. The summed E-state index contributed by atoms with van der Waals surface area (Å²) in [6.07, 6.45) is 0.441. The number of aliphatic hydroxyl groups is 1. The van der Waals surface area contributed by atoms with E-state index < -0.39 is 6.17 Å². The summed E-state index contributed by atoms with van der Waals surface area (Å²) in [7, 11) is 0. The fraction of sp³-hybridized carbons (Fsp3) is 0.500. The summed E-state index contributed by atoms with van der Waals surface area (Å²) in [5, 5.41) is 13.3. The lowest BCUT2D eigenvalue weighted by atomic mass is 10.1. The van der Waals surface area contributed by atoms with Gasteiger partial charge in [-0.15, -0.1) is 0 Å². The lowest BCUT2D eigenvalue weighted by Gasteiger charge is -2.19. The number of hydrogen-bond acceptors (Lipinski definition) is 5. The molecule has 1 aromatic carbocycles. The van der Waals surface area contributed by atoms with Crippen molar-refractivity contribution in [1.29, 1.82) is 0 Å². The molecule has 1 aromatic heterocycles. The molecule has 2 atom stereocenters. The van der Waals surface area contributed by atoms with E-state index in [4.69, 9.17) is 4.52 Å². The van der Waals surface area contributed by atoms with E-state index in [2.05, 4.69) is 17.1 Å². The van der Waals surface area contributed by atoms with Gasteiger partial charge in [0.25, 0.3) is 0 Å². The average molecular weight is 305 g/mol. The minimum Gasteiger partial charge on any atom is -0.395 e. The van der Waals surface area contributed by atoms with Crippen LogP contribution in [0.4, 0.5) is 4.39 Å². The Hall–Kier alpha value is -1.79. The maximum Gasteiger partial charge on any atom is 0.241 e. The summed E-state index contributed by atoms with van der Waals surface area (Å²) < 4.78 is 18.7. The summed E-state index contributed by atoms with van der Waals surface area (Å²) in [5.74, 6) is 0.983. The molecule has 0 radical (unpaired) electrons. The van der Waals surface area contributed by atoms with Gasteiger partial charge < -0.3 is 9.63 Å². The highest BCUT2D eigenvalue weighted by atomic mass is 19.1. The molecule has 2 aromatic rings. The third-order valence-corrected chi connectivity index (χ3v) is 4.11. The third-order valence-electron chi connectivity index (χ3n) is 4.11. The van der Waals surface area contributed by atoms with Gasteiger partial charge in [0, 0.05) is 18.2 Å². The SMILES string of the molecule is CCc1ccc(-c2noc(CN3C[C@@H](F)C[C@H]3CO)n2)cc1. The Balaban J connectivity index is 1.70. The molecule has 2 heterocycles. The lowest BCUT2D eigenvalue weighted by molar-refractivity contribution is 0.140. The monoisotopic (exact) mass is 305 g/mol. The first-order valence-corrected chi connectivity index (χ1v) is 7.60. The smallest absolute Gasteiger partial charge is 0.241 e. The van der Waals surface area contributed by atoms with Crippen LogP contribution in [0, 0.1) is 0 Å². The van der Waals surface area contributed by atoms with Gasteiger partial charge in [0.1, 0.15) is 6.17 Å². The molecular weight excluding hydrogens is 285 g/mol. The van der Waals surface area contributed by atoms with E-state index in [-0.39, 0.29) is 12.6 Å². The van der Waals surface area contributed by atoms with Crippen molar-refractivity contribution < 1.29 is 14.0 Å². The van der Waals surface area contributed by atoms with Crippen molar-refractivity contribution in [3.8, 4) is 11.4 Å². The molecular formula is C16H20FN3O2. The highest BCUT2D eigenvalue weighted by Crippen LogP contribution is 2.23. The third kappa shape index (κ3) is 3.18. The molecule has 6 heteroatoms.